The number of anilines is 1. The van der Waals surface area contributed by atoms with Crippen molar-refractivity contribution in [3.8, 4) is 0 Å². The number of benzene rings is 1. The Morgan fingerprint density at radius 2 is 1.93 bits per heavy atom. The first-order valence-electron chi connectivity index (χ1n) is 11.1. The number of nitrogens with one attached hydrogen (secondary N) is 2. The molecule has 8 heteroatoms. The maximum atomic E-state index is 13.1. The van der Waals surface area contributed by atoms with Crippen LogP contribution >= 0.6 is 0 Å². The number of carbonyl (C=O) groups excluding carboxylic acids is 1. The van der Waals surface area contributed by atoms with Crippen molar-refractivity contribution in [2.24, 2.45) is 11.8 Å². The zero-order chi connectivity index (χ0) is 21.7. The fourth-order valence-corrected chi connectivity index (χ4v) is 6.09. The standard InChI is InChI=1S/C22H36N4O3S/c1-17-7-4-8-19(15-17)18(2)23-22(27)24-20-9-5-10-21(16-20)30(28,29)26-12-6-11-25(3)13-14-26/h5,9-10,16-19H,4,6-8,11-15H2,1-3H3,(H2,23,24,27)/t17?,18-,19?/m0/s1. The van der Waals surface area contributed by atoms with E-state index in [1.807, 2.05) is 7.05 Å². The van der Waals surface area contributed by atoms with Gasteiger partial charge in [-0.25, -0.2) is 13.2 Å². The highest BCUT2D eigenvalue weighted by atomic mass is 32.2. The lowest BCUT2D eigenvalue weighted by Gasteiger charge is -2.31. The van der Waals surface area contributed by atoms with Crippen LogP contribution < -0.4 is 10.6 Å². The van der Waals surface area contributed by atoms with Crippen molar-refractivity contribution >= 4 is 21.7 Å². The molecule has 1 aliphatic carbocycles. The Kier molecular flexibility index (Phi) is 7.76. The molecule has 2 unspecified atom stereocenters. The molecule has 1 aromatic rings. The molecule has 3 rings (SSSR count). The van der Waals surface area contributed by atoms with Crippen LogP contribution in [0.4, 0.5) is 10.5 Å². The fraction of sp³-hybridized carbons (Fsp3) is 0.682. The molecule has 2 aliphatic rings. The van der Waals surface area contributed by atoms with Crippen LogP contribution in [0.1, 0.15) is 46.0 Å². The average molecular weight is 437 g/mol. The number of likely N-dealkylation sites (N-methyl/N-ethyl adjacent to an activating group) is 1. The normalized spacial score (nSPS) is 25.3. The van der Waals surface area contributed by atoms with E-state index in [2.05, 4.69) is 29.4 Å². The predicted molar refractivity (Wildman–Crippen MR) is 120 cm³/mol. The maximum absolute atomic E-state index is 13.1. The number of rotatable bonds is 5. The molecule has 0 spiro atoms. The topological polar surface area (TPSA) is 81.8 Å². The van der Waals surface area contributed by atoms with Gasteiger partial charge in [0.2, 0.25) is 10.0 Å². The van der Waals surface area contributed by atoms with E-state index in [1.165, 1.54) is 12.8 Å². The lowest BCUT2D eigenvalue weighted by Crippen LogP contribution is -2.42. The largest absolute Gasteiger partial charge is 0.335 e. The van der Waals surface area contributed by atoms with Crippen molar-refractivity contribution in [2.75, 3.05) is 38.5 Å². The second kappa shape index (κ2) is 10.1. The van der Waals surface area contributed by atoms with E-state index in [1.54, 1.807) is 28.6 Å². The summed E-state index contributed by atoms with van der Waals surface area (Å²) < 4.78 is 27.7. The summed E-state index contributed by atoms with van der Waals surface area (Å²) in [7, 11) is -1.57. The molecule has 3 atom stereocenters. The molecule has 2 amide bonds. The van der Waals surface area contributed by atoms with E-state index < -0.39 is 10.0 Å². The SMILES string of the molecule is CC1CCCC([C@H](C)NC(=O)Nc2cccc(S(=O)(=O)N3CCCN(C)CC3)c2)C1. The first-order chi connectivity index (χ1) is 14.3. The molecule has 0 bridgehead atoms. The Morgan fingerprint density at radius 1 is 1.13 bits per heavy atom. The van der Waals surface area contributed by atoms with E-state index in [0.717, 1.165) is 32.4 Å². The molecule has 2 N–H and O–H groups in total. The van der Waals surface area contributed by atoms with Crippen molar-refractivity contribution in [3.63, 3.8) is 0 Å². The van der Waals surface area contributed by atoms with Gasteiger partial charge in [-0.05, 0) is 69.8 Å². The summed E-state index contributed by atoms with van der Waals surface area (Å²) in [6.07, 6.45) is 5.58. The summed E-state index contributed by atoms with van der Waals surface area (Å²) >= 11 is 0. The van der Waals surface area contributed by atoms with E-state index in [9.17, 15) is 13.2 Å². The molecule has 2 fully saturated rings. The Labute approximate surface area is 181 Å². The van der Waals surface area contributed by atoms with Gasteiger partial charge in [-0.2, -0.15) is 4.31 Å². The molecule has 1 heterocycles. The molecule has 0 aromatic heterocycles. The highest BCUT2D eigenvalue weighted by Gasteiger charge is 2.27. The van der Waals surface area contributed by atoms with Gasteiger partial charge in [0.25, 0.3) is 0 Å². The molecular weight excluding hydrogens is 400 g/mol. The fourth-order valence-electron chi connectivity index (χ4n) is 4.57. The minimum absolute atomic E-state index is 0.0914. The van der Waals surface area contributed by atoms with E-state index in [-0.39, 0.29) is 17.0 Å². The highest BCUT2D eigenvalue weighted by Crippen LogP contribution is 2.30. The summed E-state index contributed by atoms with van der Waals surface area (Å²) in [5.74, 6) is 1.20. The monoisotopic (exact) mass is 436 g/mol. The second-order valence-electron chi connectivity index (χ2n) is 9.01. The van der Waals surface area contributed by atoms with E-state index >= 15 is 0 Å². The van der Waals surface area contributed by atoms with Crippen LogP contribution in [-0.2, 0) is 10.0 Å². The summed E-state index contributed by atoms with van der Waals surface area (Å²) in [6, 6.07) is 6.36. The first-order valence-corrected chi connectivity index (χ1v) is 12.6. The first kappa shape index (κ1) is 23.0. The van der Waals surface area contributed by atoms with Gasteiger partial charge in [0.05, 0.1) is 4.90 Å². The van der Waals surface area contributed by atoms with Gasteiger partial charge < -0.3 is 15.5 Å². The minimum Gasteiger partial charge on any atom is -0.335 e. The molecule has 168 valence electrons. The minimum atomic E-state index is -3.58. The Balaban J connectivity index is 1.62. The number of amides is 2. The summed E-state index contributed by atoms with van der Waals surface area (Å²) in [4.78, 5) is 14.9. The van der Waals surface area contributed by atoms with E-state index in [0.29, 0.717) is 30.6 Å². The van der Waals surface area contributed by atoms with Gasteiger partial charge in [-0.3, -0.25) is 0 Å². The number of hydrogen-bond donors (Lipinski definition) is 2. The van der Waals surface area contributed by atoms with Crippen molar-refractivity contribution in [3.05, 3.63) is 24.3 Å². The lowest BCUT2D eigenvalue weighted by atomic mass is 9.79. The van der Waals surface area contributed by atoms with Gasteiger partial charge in [-0.1, -0.05) is 25.8 Å². The summed E-state index contributed by atoms with van der Waals surface area (Å²) in [6.45, 7) is 6.94. The Morgan fingerprint density at radius 3 is 2.70 bits per heavy atom. The molecule has 0 radical (unpaired) electrons. The Hall–Kier alpha value is -1.64. The van der Waals surface area contributed by atoms with Crippen molar-refractivity contribution < 1.29 is 13.2 Å². The molecule has 7 nitrogen and oxygen atoms in total. The third-order valence-corrected chi connectivity index (χ3v) is 8.35. The van der Waals surface area contributed by atoms with Gasteiger partial charge >= 0.3 is 6.03 Å². The van der Waals surface area contributed by atoms with Crippen LogP contribution in [0.5, 0.6) is 0 Å². The number of sulfonamides is 1. The van der Waals surface area contributed by atoms with Gasteiger partial charge in [0, 0.05) is 31.4 Å². The predicted octanol–water partition coefficient (Wildman–Crippen LogP) is 3.35. The zero-order valence-corrected chi connectivity index (χ0v) is 19.2. The lowest BCUT2D eigenvalue weighted by molar-refractivity contribution is 0.219. The maximum Gasteiger partial charge on any atom is 0.319 e. The van der Waals surface area contributed by atoms with Crippen LogP contribution in [0.25, 0.3) is 0 Å². The van der Waals surface area contributed by atoms with E-state index in [4.69, 9.17) is 0 Å². The number of urea groups is 1. The molecule has 30 heavy (non-hydrogen) atoms. The summed E-state index contributed by atoms with van der Waals surface area (Å²) in [5, 5.41) is 5.85. The highest BCUT2D eigenvalue weighted by molar-refractivity contribution is 7.89. The van der Waals surface area contributed by atoms with Gasteiger partial charge in [0.15, 0.2) is 0 Å². The number of nitrogens with zero attached hydrogens (tertiary/aromatic N) is 2. The van der Waals surface area contributed by atoms with Crippen molar-refractivity contribution in [1.29, 1.82) is 0 Å². The third-order valence-electron chi connectivity index (χ3n) is 6.45. The molecule has 1 aromatic carbocycles. The number of carbonyl (C=O) groups is 1. The van der Waals surface area contributed by atoms with Crippen LogP contribution in [0.15, 0.2) is 29.2 Å². The number of hydrogen-bond acceptors (Lipinski definition) is 4. The Bertz CT molecular complexity index is 829. The smallest absolute Gasteiger partial charge is 0.319 e. The zero-order valence-electron chi connectivity index (χ0n) is 18.4. The van der Waals surface area contributed by atoms with Crippen LogP contribution in [0, 0.1) is 11.8 Å². The quantitative estimate of drug-likeness (QED) is 0.742. The summed E-state index contributed by atoms with van der Waals surface area (Å²) in [5.41, 5.74) is 0.490. The van der Waals surface area contributed by atoms with Crippen LogP contribution in [0.3, 0.4) is 0 Å². The molecular formula is C22H36N4O3S. The van der Waals surface area contributed by atoms with Gasteiger partial charge in [0.1, 0.15) is 0 Å². The molecule has 1 saturated carbocycles. The van der Waals surface area contributed by atoms with Crippen LogP contribution in [-0.4, -0.2) is 62.9 Å². The van der Waals surface area contributed by atoms with Crippen molar-refractivity contribution in [1.82, 2.24) is 14.5 Å². The van der Waals surface area contributed by atoms with Gasteiger partial charge in [-0.15, -0.1) is 0 Å². The average Bonchev–Trinajstić information content (AvgIpc) is 2.93. The van der Waals surface area contributed by atoms with Crippen LogP contribution in [0.2, 0.25) is 0 Å². The van der Waals surface area contributed by atoms with Crippen molar-refractivity contribution in [2.45, 2.75) is 56.9 Å². The molecule has 1 aliphatic heterocycles. The second-order valence-corrected chi connectivity index (χ2v) is 10.9. The third kappa shape index (κ3) is 5.95. The molecule has 1 saturated heterocycles.